The molecule has 1 aromatic carbocycles. The number of hydrogen-bond donors (Lipinski definition) is 0. The van der Waals surface area contributed by atoms with Crippen molar-refractivity contribution in [2.24, 2.45) is 5.41 Å². The average Bonchev–Trinajstić information content (AvgIpc) is 2.35. The van der Waals surface area contributed by atoms with Crippen LogP contribution in [0.15, 0.2) is 18.2 Å². The van der Waals surface area contributed by atoms with Gasteiger partial charge in [-0.3, -0.25) is 4.79 Å². The van der Waals surface area contributed by atoms with Crippen LogP contribution in [0.5, 0.6) is 5.75 Å². The van der Waals surface area contributed by atoms with Gasteiger partial charge in [-0.2, -0.15) is 0 Å². The van der Waals surface area contributed by atoms with Crippen LogP contribution in [0.25, 0.3) is 0 Å². The Hall–Kier alpha value is -1.51. The van der Waals surface area contributed by atoms with E-state index >= 15 is 0 Å². The van der Waals surface area contributed by atoms with Crippen LogP contribution in [-0.2, 0) is 9.53 Å². The summed E-state index contributed by atoms with van der Waals surface area (Å²) >= 11 is 0. The smallest absolute Gasteiger partial charge is 0.314 e. The minimum atomic E-state index is -0.646. The fraction of sp³-hybridized carbons (Fsp3) is 0.562. The summed E-state index contributed by atoms with van der Waals surface area (Å²) in [5, 5.41) is 0. The summed E-state index contributed by atoms with van der Waals surface area (Å²) in [6.07, 6.45) is 0. The van der Waals surface area contributed by atoms with Crippen molar-refractivity contribution in [1.29, 1.82) is 0 Å². The van der Waals surface area contributed by atoms with Crippen molar-refractivity contribution in [1.82, 2.24) is 0 Å². The highest BCUT2D eigenvalue weighted by Crippen LogP contribution is 2.29. The summed E-state index contributed by atoms with van der Waals surface area (Å²) in [5.74, 6) is 0.982. The van der Waals surface area contributed by atoms with Crippen molar-refractivity contribution in [3.63, 3.8) is 0 Å². The van der Waals surface area contributed by atoms with Gasteiger partial charge in [0.05, 0.1) is 12.5 Å². The molecule has 0 aliphatic carbocycles. The molecule has 0 aromatic heterocycles. The summed E-state index contributed by atoms with van der Waals surface area (Å²) in [4.78, 5) is 11.6. The van der Waals surface area contributed by atoms with Crippen LogP contribution in [-0.4, -0.2) is 19.7 Å². The molecule has 0 saturated carbocycles. The minimum Gasteiger partial charge on any atom is -0.492 e. The van der Waals surface area contributed by atoms with E-state index in [4.69, 9.17) is 9.47 Å². The number of esters is 1. The van der Waals surface area contributed by atoms with E-state index in [1.807, 2.05) is 26.8 Å². The average molecular weight is 264 g/mol. The molecule has 0 heterocycles. The van der Waals surface area contributed by atoms with E-state index in [1.165, 1.54) is 7.11 Å². The number of methoxy groups -OCH3 is 1. The lowest BCUT2D eigenvalue weighted by Gasteiger charge is -2.23. The fourth-order valence-electron chi connectivity index (χ4n) is 1.84. The lowest BCUT2D eigenvalue weighted by molar-refractivity contribution is -0.152. The predicted molar refractivity (Wildman–Crippen MR) is 76.6 cm³/mol. The quantitative estimate of drug-likeness (QED) is 0.761. The van der Waals surface area contributed by atoms with Crippen LogP contribution < -0.4 is 4.74 Å². The van der Waals surface area contributed by atoms with Crippen molar-refractivity contribution in [3.05, 3.63) is 29.3 Å². The Bertz CT molecular complexity index is 447. The molecule has 0 amide bonds. The Morgan fingerprint density at radius 3 is 2.47 bits per heavy atom. The highest BCUT2D eigenvalue weighted by molar-refractivity contribution is 5.75. The minimum absolute atomic E-state index is 0.258. The third-order valence-electron chi connectivity index (χ3n) is 3.12. The summed E-state index contributed by atoms with van der Waals surface area (Å²) in [5.41, 5.74) is 1.66. The van der Waals surface area contributed by atoms with Gasteiger partial charge in [0.1, 0.15) is 12.4 Å². The zero-order chi connectivity index (χ0) is 14.6. The first-order chi connectivity index (χ1) is 8.77. The first kappa shape index (κ1) is 15.5. The Morgan fingerprint density at radius 2 is 1.95 bits per heavy atom. The number of carbonyl (C=O) groups is 1. The van der Waals surface area contributed by atoms with Crippen molar-refractivity contribution in [3.8, 4) is 5.75 Å². The van der Waals surface area contributed by atoms with E-state index in [0.29, 0.717) is 12.5 Å². The first-order valence-corrected chi connectivity index (χ1v) is 6.59. The molecule has 0 aliphatic rings. The van der Waals surface area contributed by atoms with Gasteiger partial charge in [-0.25, -0.2) is 0 Å². The topological polar surface area (TPSA) is 35.5 Å². The maximum absolute atomic E-state index is 11.6. The Morgan fingerprint density at radius 1 is 1.32 bits per heavy atom. The van der Waals surface area contributed by atoms with Gasteiger partial charge in [0.25, 0.3) is 0 Å². The predicted octanol–water partition coefficient (Wildman–Crippen LogP) is 3.70. The molecule has 106 valence electrons. The largest absolute Gasteiger partial charge is 0.492 e. The highest BCUT2D eigenvalue weighted by atomic mass is 16.5. The Balaban J connectivity index is 2.88. The van der Waals surface area contributed by atoms with Gasteiger partial charge >= 0.3 is 5.97 Å². The third-order valence-corrected chi connectivity index (χ3v) is 3.12. The molecule has 0 spiro atoms. The van der Waals surface area contributed by atoms with Crippen molar-refractivity contribution in [2.45, 2.75) is 40.5 Å². The van der Waals surface area contributed by atoms with E-state index in [-0.39, 0.29) is 5.97 Å². The number of aryl methyl sites for hydroxylation is 1. The number of benzene rings is 1. The van der Waals surface area contributed by atoms with E-state index in [1.54, 1.807) is 0 Å². The van der Waals surface area contributed by atoms with Crippen molar-refractivity contribution >= 4 is 5.97 Å². The van der Waals surface area contributed by atoms with Gasteiger partial charge in [-0.15, -0.1) is 0 Å². The third kappa shape index (κ3) is 3.98. The van der Waals surface area contributed by atoms with Gasteiger partial charge in [-0.05, 0) is 43.9 Å². The zero-order valence-corrected chi connectivity index (χ0v) is 12.7. The Kier molecular flexibility index (Phi) is 4.98. The molecular weight excluding hydrogens is 240 g/mol. The second kappa shape index (κ2) is 6.09. The summed E-state index contributed by atoms with van der Waals surface area (Å²) < 4.78 is 10.7. The number of carbonyl (C=O) groups excluding carboxylic acids is 1. The van der Waals surface area contributed by atoms with E-state index in [0.717, 1.165) is 16.9 Å². The fourth-order valence-corrected chi connectivity index (χ4v) is 1.84. The van der Waals surface area contributed by atoms with Gasteiger partial charge in [0.15, 0.2) is 0 Å². The van der Waals surface area contributed by atoms with Crippen LogP contribution in [0.3, 0.4) is 0 Å². The van der Waals surface area contributed by atoms with Crippen molar-refractivity contribution in [2.75, 3.05) is 13.7 Å². The lowest BCUT2D eigenvalue weighted by atomic mass is 9.95. The lowest BCUT2D eigenvalue weighted by Crippen LogP contribution is -2.32. The second-order valence-electron chi connectivity index (χ2n) is 5.86. The summed E-state index contributed by atoms with van der Waals surface area (Å²) in [6.45, 7) is 10.2. The van der Waals surface area contributed by atoms with Crippen LogP contribution in [0.1, 0.15) is 44.7 Å². The SMILES string of the molecule is COC(=O)C(C)(C)COc1cc(C)ccc1C(C)C. The molecule has 0 aliphatic heterocycles. The number of rotatable bonds is 5. The van der Waals surface area contributed by atoms with Gasteiger partial charge in [-0.1, -0.05) is 26.0 Å². The van der Waals surface area contributed by atoms with Crippen molar-refractivity contribution < 1.29 is 14.3 Å². The van der Waals surface area contributed by atoms with E-state index < -0.39 is 5.41 Å². The van der Waals surface area contributed by atoms with Gasteiger partial charge in [0.2, 0.25) is 0 Å². The molecule has 3 heteroatoms. The first-order valence-electron chi connectivity index (χ1n) is 6.59. The Labute approximate surface area is 115 Å². The molecular formula is C16H24O3. The normalized spacial score (nSPS) is 11.5. The molecule has 19 heavy (non-hydrogen) atoms. The maximum atomic E-state index is 11.6. The molecule has 0 saturated heterocycles. The number of ether oxygens (including phenoxy) is 2. The monoisotopic (exact) mass is 264 g/mol. The molecule has 0 N–H and O–H groups in total. The van der Waals surface area contributed by atoms with Gasteiger partial charge < -0.3 is 9.47 Å². The van der Waals surface area contributed by atoms with Crippen LogP contribution >= 0.6 is 0 Å². The molecule has 0 fully saturated rings. The van der Waals surface area contributed by atoms with E-state index in [2.05, 4.69) is 26.0 Å². The zero-order valence-electron chi connectivity index (χ0n) is 12.7. The second-order valence-corrected chi connectivity index (χ2v) is 5.86. The molecule has 0 bridgehead atoms. The number of hydrogen-bond acceptors (Lipinski definition) is 3. The molecule has 0 radical (unpaired) electrons. The summed E-state index contributed by atoms with van der Waals surface area (Å²) in [6, 6.07) is 6.18. The van der Waals surface area contributed by atoms with Crippen LogP contribution in [0, 0.1) is 12.3 Å². The van der Waals surface area contributed by atoms with Crippen LogP contribution in [0.2, 0.25) is 0 Å². The standard InChI is InChI=1S/C16H24O3/c1-11(2)13-8-7-12(3)9-14(13)19-10-16(4,5)15(17)18-6/h7-9,11H,10H2,1-6H3. The molecule has 1 rings (SSSR count). The molecule has 0 unspecified atom stereocenters. The summed E-state index contributed by atoms with van der Waals surface area (Å²) in [7, 11) is 1.40. The van der Waals surface area contributed by atoms with Crippen LogP contribution in [0.4, 0.5) is 0 Å². The molecule has 1 aromatic rings. The molecule has 0 atom stereocenters. The molecule has 3 nitrogen and oxygen atoms in total. The highest BCUT2D eigenvalue weighted by Gasteiger charge is 2.30. The van der Waals surface area contributed by atoms with Gasteiger partial charge in [0, 0.05) is 0 Å². The maximum Gasteiger partial charge on any atom is 0.314 e. The van der Waals surface area contributed by atoms with E-state index in [9.17, 15) is 4.79 Å².